The molecular weight excluding hydrogens is 522 g/mol. The van der Waals surface area contributed by atoms with Crippen molar-refractivity contribution in [2.24, 2.45) is 4.99 Å². The molecule has 0 N–H and O–H groups in total. The highest BCUT2D eigenvalue weighted by Gasteiger charge is 2.40. The number of para-hydroxylation sites is 1. The minimum atomic E-state index is -3.84. The van der Waals surface area contributed by atoms with E-state index in [1.807, 2.05) is 0 Å². The molecule has 2 aromatic carbocycles. The highest BCUT2D eigenvalue weighted by atomic mass is 32.2. The molecule has 2 aliphatic heterocycles. The number of aliphatic imine (C=N–C) groups is 1. The van der Waals surface area contributed by atoms with Crippen LogP contribution in [0.5, 0.6) is 0 Å². The number of amides is 2. The Morgan fingerprint density at radius 1 is 0.650 bits per heavy atom. The van der Waals surface area contributed by atoms with E-state index in [9.17, 15) is 18.0 Å². The SMILES string of the molecule is CCCCCCCCCCCCCCCCN1C(CN2C(=O)c3ccccc3C2=O)=Nc2ccccc2S1(=O)=O. The number of sulfonamides is 1. The van der Waals surface area contributed by atoms with E-state index in [2.05, 4.69) is 11.9 Å². The Hall–Kier alpha value is -3.00. The van der Waals surface area contributed by atoms with Crippen molar-refractivity contribution in [3.05, 3.63) is 59.7 Å². The van der Waals surface area contributed by atoms with Gasteiger partial charge in [-0.3, -0.25) is 18.8 Å². The summed E-state index contributed by atoms with van der Waals surface area (Å²) >= 11 is 0. The van der Waals surface area contributed by atoms with Gasteiger partial charge in [-0.2, -0.15) is 0 Å². The number of rotatable bonds is 17. The molecule has 0 saturated heterocycles. The maximum atomic E-state index is 13.6. The Bertz CT molecular complexity index is 1270. The fourth-order valence-corrected chi connectivity index (χ4v) is 7.17. The number of nitrogens with zero attached hydrogens (tertiary/aromatic N) is 3. The maximum absolute atomic E-state index is 13.6. The van der Waals surface area contributed by atoms with Crippen LogP contribution in [0.25, 0.3) is 0 Å². The maximum Gasteiger partial charge on any atom is 0.267 e. The zero-order valence-corrected chi connectivity index (χ0v) is 24.6. The number of unbranched alkanes of at least 4 members (excludes halogenated alkanes) is 13. The van der Waals surface area contributed by atoms with Gasteiger partial charge in [-0.25, -0.2) is 13.4 Å². The molecule has 2 aromatic rings. The Labute approximate surface area is 239 Å². The van der Waals surface area contributed by atoms with Gasteiger partial charge in [-0.15, -0.1) is 0 Å². The summed E-state index contributed by atoms with van der Waals surface area (Å²) in [5.74, 6) is -0.630. The lowest BCUT2D eigenvalue weighted by atomic mass is 10.0. The van der Waals surface area contributed by atoms with Crippen LogP contribution in [0.2, 0.25) is 0 Å². The van der Waals surface area contributed by atoms with Crippen molar-refractivity contribution in [1.29, 1.82) is 0 Å². The second-order valence-corrected chi connectivity index (χ2v) is 12.7. The largest absolute Gasteiger partial charge is 0.269 e. The van der Waals surface area contributed by atoms with Crippen LogP contribution >= 0.6 is 0 Å². The third kappa shape index (κ3) is 7.19. The van der Waals surface area contributed by atoms with E-state index in [1.54, 1.807) is 48.5 Å². The molecule has 0 saturated carbocycles. The zero-order chi connectivity index (χ0) is 28.4. The number of carbonyl (C=O) groups is 2. The first-order chi connectivity index (χ1) is 19.4. The van der Waals surface area contributed by atoms with Crippen molar-refractivity contribution < 1.29 is 18.0 Å². The van der Waals surface area contributed by atoms with Crippen LogP contribution in [-0.4, -0.2) is 48.4 Å². The van der Waals surface area contributed by atoms with Gasteiger partial charge in [0.1, 0.15) is 10.7 Å². The van der Waals surface area contributed by atoms with Crippen molar-refractivity contribution in [2.75, 3.05) is 13.1 Å². The van der Waals surface area contributed by atoms with Gasteiger partial charge < -0.3 is 0 Å². The number of imide groups is 1. The number of hydrogen-bond acceptors (Lipinski definition) is 5. The molecule has 0 spiro atoms. The molecule has 2 aliphatic rings. The summed E-state index contributed by atoms with van der Waals surface area (Å²) in [5.41, 5.74) is 1.02. The molecule has 0 aromatic heterocycles. The van der Waals surface area contributed by atoms with Gasteiger partial charge in [-0.05, 0) is 30.7 Å². The van der Waals surface area contributed by atoms with Gasteiger partial charge in [0.25, 0.3) is 21.8 Å². The first-order valence-electron chi connectivity index (χ1n) is 15.1. The predicted molar refractivity (Wildman–Crippen MR) is 160 cm³/mol. The second-order valence-electron chi connectivity index (χ2n) is 10.9. The molecule has 2 heterocycles. The molecule has 0 unspecified atom stereocenters. The van der Waals surface area contributed by atoms with E-state index in [1.165, 1.54) is 68.5 Å². The molecule has 216 valence electrons. The zero-order valence-electron chi connectivity index (χ0n) is 23.8. The molecule has 0 fully saturated rings. The monoisotopic (exact) mass is 565 g/mol. The van der Waals surface area contributed by atoms with Crippen LogP contribution in [0, 0.1) is 0 Å². The van der Waals surface area contributed by atoms with Crippen molar-refractivity contribution in [3.8, 4) is 0 Å². The quantitative estimate of drug-likeness (QED) is 0.147. The molecule has 4 rings (SSSR count). The molecule has 0 radical (unpaired) electrons. The van der Waals surface area contributed by atoms with Crippen molar-refractivity contribution in [3.63, 3.8) is 0 Å². The van der Waals surface area contributed by atoms with Crippen LogP contribution in [0.15, 0.2) is 58.4 Å². The summed E-state index contributed by atoms with van der Waals surface area (Å²) in [5, 5.41) is 0. The fourth-order valence-electron chi connectivity index (χ4n) is 5.56. The summed E-state index contributed by atoms with van der Waals surface area (Å²) in [4.78, 5) is 31.8. The second kappa shape index (κ2) is 14.6. The van der Waals surface area contributed by atoms with Crippen LogP contribution < -0.4 is 0 Å². The van der Waals surface area contributed by atoms with Gasteiger partial charge in [0, 0.05) is 6.54 Å². The Morgan fingerprint density at radius 3 is 1.68 bits per heavy atom. The van der Waals surface area contributed by atoms with E-state index in [0.29, 0.717) is 23.2 Å². The standard InChI is InChI=1S/C32H43N3O4S/c1-2-3-4-5-6-7-8-9-10-11-12-13-14-19-24-35-30(33-28-22-17-18-23-29(28)40(35,38)39)25-34-31(36)26-20-15-16-21-27(26)32(34)37/h15-18,20-23H,2-14,19,24-25H2,1H3. The molecular formula is C32H43N3O4S. The normalized spacial score (nSPS) is 15.8. The van der Waals surface area contributed by atoms with Crippen LogP contribution in [0.3, 0.4) is 0 Å². The van der Waals surface area contributed by atoms with E-state index < -0.39 is 21.8 Å². The van der Waals surface area contributed by atoms with E-state index >= 15 is 0 Å². The summed E-state index contributed by atoms with van der Waals surface area (Å²) in [6.07, 6.45) is 17.1. The summed E-state index contributed by atoms with van der Waals surface area (Å²) in [6, 6.07) is 13.3. The highest BCUT2D eigenvalue weighted by molar-refractivity contribution is 7.90. The van der Waals surface area contributed by atoms with E-state index in [4.69, 9.17) is 0 Å². The van der Waals surface area contributed by atoms with E-state index in [-0.39, 0.29) is 23.8 Å². The summed E-state index contributed by atoms with van der Waals surface area (Å²) < 4.78 is 28.5. The van der Waals surface area contributed by atoms with Crippen molar-refractivity contribution in [1.82, 2.24) is 9.21 Å². The van der Waals surface area contributed by atoms with Gasteiger partial charge in [-0.1, -0.05) is 115 Å². The van der Waals surface area contributed by atoms with Crippen LogP contribution in [-0.2, 0) is 10.0 Å². The topological polar surface area (TPSA) is 87.1 Å². The van der Waals surface area contributed by atoms with Gasteiger partial charge in [0.05, 0.1) is 23.4 Å². The Balaban J connectivity index is 1.28. The summed E-state index contributed by atoms with van der Waals surface area (Å²) in [6.45, 7) is 2.34. The number of fused-ring (bicyclic) bond motifs is 2. The first-order valence-corrected chi connectivity index (χ1v) is 16.5. The molecule has 7 nitrogen and oxygen atoms in total. The smallest absolute Gasteiger partial charge is 0.267 e. The Kier molecular flexibility index (Phi) is 10.9. The van der Waals surface area contributed by atoms with Crippen LogP contribution in [0.4, 0.5) is 5.69 Å². The number of hydrogen-bond donors (Lipinski definition) is 0. The highest BCUT2D eigenvalue weighted by Crippen LogP contribution is 2.33. The minimum absolute atomic E-state index is 0.159. The lowest BCUT2D eigenvalue weighted by molar-refractivity contribution is 0.0674. The molecule has 0 bridgehead atoms. The average Bonchev–Trinajstić information content (AvgIpc) is 3.19. The molecule has 40 heavy (non-hydrogen) atoms. The van der Waals surface area contributed by atoms with Crippen molar-refractivity contribution in [2.45, 2.75) is 102 Å². The molecule has 0 atom stereocenters. The number of benzene rings is 2. The first kappa shape index (κ1) is 30.0. The van der Waals surface area contributed by atoms with Crippen molar-refractivity contribution >= 4 is 33.4 Å². The lowest BCUT2D eigenvalue weighted by Crippen LogP contribution is -2.47. The van der Waals surface area contributed by atoms with Gasteiger partial charge in [0.15, 0.2) is 0 Å². The third-order valence-corrected chi connectivity index (χ3v) is 9.74. The molecule has 2 amide bonds. The third-order valence-electron chi connectivity index (χ3n) is 7.86. The molecule has 8 heteroatoms. The molecule has 0 aliphatic carbocycles. The lowest BCUT2D eigenvalue weighted by Gasteiger charge is -2.31. The minimum Gasteiger partial charge on any atom is -0.269 e. The van der Waals surface area contributed by atoms with Gasteiger partial charge >= 0.3 is 0 Å². The predicted octanol–water partition coefficient (Wildman–Crippen LogP) is 7.50. The van der Waals surface area contributed by atoms with Crippen LogP contribution in [0.1, 0.15) is 118 Å². The van der Waals surface area contributed by atoms with E-state index in [0.717, 1.165) is 24.2 Å². The van der Waals surface area contributed by atoms with Gasteiger partial charge in [0.2, 0.25) is 0 Å². The average molecular weight is 566 g/mol. The summed E-state index contributed by atoms with van der Waals surface area (Å²) in [7, 11) is -3.84. The number of carbonyl (C=O) groups excluding carboxylic acids is 2. The fraction of sp³-hybridized carbons (Fsp3) is 0.531. The number of amidine groups is 1. The Morgan fingerprint density at radius 2 is 1.12 bits per heavy atom.